The van der Waals surface area contributed by atoms with Gasteiger partial charge in [-0.25, -0.2) is 0 Å². The molecule has 2 amide bonds. The number of anilines is 2. The van der Waals surface area contributed by atoms with E-state index in [9.17, 15) is 9.59 Å². The zero-order valence-electron chi connectivity index (χ0n) is 24.9. The van der Waals surface area contributed by atoms with E-state index in [-0.39, 0.29) is 11.8 Å². The molecule has 0 spiro atoms. The van der Waals surface area contributed by atoms with Crippen LogP contribution in [0.3, 0.4) is 0 Å². The summed E-state index contributed by atoms with van der Waals surface area (Å²) in [6, 6.07) is 51.6. The van der Waals surface area contributed by atoms with Gasteiger partial charge in [-0.3, -0.25) is 9.59 Å². The number of hydrogen-bond donors (Lipinski definition) is 2. The quantitative estimate of drug-likeness (QED) is 0.168. The Kier molecular flexibility index (Phi) is 9.23. The number of nitrogens with one attached hydrogen (secondary N) is 2. The first-order valence-corrected chi connectivity index (χ1v) is 15.1. The van der Waals surface area contributed by atoms with Gasteiger partial charge in [0.25, 0.3) is 11.8 Å². The largest absolute Gasteiger partial charge is 0.322 e. The van der Waals surface area contributed by atoms with E-state index >= 15 is 0 Å². The minimum atomic E-state index is -0.198. The molecule has 0 unspecified atom stereocenters. The highest BCUT2D eigenvalue weighted by Crippen LogP contribution is 2.25. The summed E-state index contributed by atoms with van der Waals surface area (Å²) in [6.07, 6.45) is 2.03. The second-order valence-corrected chi connectivity index (χ2v) is 11.1. The van der Waals surface area contributed by atoms with E-state index in [4.69, 9.17) is 0 Å². The van der Waals surface area contributed by atoms with Crippen molar-refractivity contribution in [3.8, 4) is 0 Å². The van der Waals surface area contributed by atoms with Gasteiger partial charge in [-0.2, -0.15) is 0 Å². The van der Waals surface area contributed by atoms with Crippen molar-refractivity contribution in [2.24, 2.45) is 0 Å². The zero-order valence-corrected chi connectivity index (χ0v) is 24.9. The number of amides is 2. The number of benzene rings is 6. The monoisotopic (exact) mass is 586 g/mol. The fourth-order valence-corrected chi connectivity index (χ4v) is 5.47. The summed E-state index contributed by atoms with van der Waals surface area (Å²) in [5, 5.41) is 6.24. The van der Waals surface area contributed by atoms with Crippen LogP contribution in [0.2, 0.25) is 0 Å². The van der Waals surface area contributed by atoms with Crippen LogP contribution in [0.4, 0.5) is 11.4 Å². The molecule has 220 valence electrons. The molecular weight excluding hydrogens is 552 g/mol. The summed E-state index contributed by atoms with van der Waals surface area (Å²) in [5.74, 6) is -0.387. The Labute approximate surface area is 264 Å². The minimum absolute atomic E-state index is 0.189. The lowest BCUT2D eigenvalue weighted by atomic mass is 9.99. The second kappa shape index (κ2) is 14.2. The summed E-state index contributed by atoms with van der Waals surface area (Å²) in [4.78, 5) is 27.0. The van der Waals surface area contributed by atoms with Crippen molar-refractivity contribution in [2.45, 2.75) is 19.3 Å². The lowest BCUT2D eigenvalue weighted by Crippen LogP contribution is -2.16. The van der Waals surface area contributed by atoms with Crippen LogP contribution in [0.1, 0.15) is 54.1 Å². The van der Waals surface area contributed by atoms with Gasteiger partial charge < -0.3 is 10.6 Å². The van der Waals surface area contributed by atoms with Crippen LogP contribution in [0.25, 0.3) is 0 Å². The van der Waals surface area contributed by atoms with Crippen molar-refractivity contribution in [1.29, 1.82) is 0 Å². The van der Waals surface area contributed by atoms with E-state index in [0.717, 1.165) is 34.4 Å². The summed E-state index contributed by atoms with van der Waals surface area (Å²) >= 11 is 0. The SMILES string of the molecule is O=C(Nc1ccccc1Cc1ccccc1)c1ccc(NC(=O)c2cccc(Cc3ccccc3)c2)c(Cc2ccccc2)c1. The molecule has 0 saturated heterocycles. The molecule has 45 heavy (non-hydrogen) atoms. The van der Waals surface area contributed by atoms with Crippen molar-refractivity contribution < 1.29 is 9.59 Å². The fraction of sp³-hybridized carbons (Fsp3) is 0.0732. The van der Waals surface area contributed by atoms with Crippen LogP contribution < -0.4 is 10.6 Å². The lowest BCUT2D eigenvalue weighted by Gasteiger charge is -2.15. The van der Waals surface area contributed by atoms with Gasteiger partial charge in [-0.05, 0) is 89.0 Å². The van der Waals surface area contributed by atoms with Gasteiger partial charge in [-0.1, -0.05) is 121 Å². The average Bonchev–Trinajstić information content (AvgIpc) is 3.08. The first kappa shape index (κ1) is 29.3. The van der Waals surface area contributed by atoms with Crippen molar-refractivity contribution in [1.82, 2.24) is 0 Å². The molecule has 4 nitrogen and oxygen atoms in total. The molecule has 0 aliphatic carbocycles. The molecule has 6 aromatic carbocycles. The molecule has 0 aliphatic heterocycles. The Balaban J connectivity index is 1.23. The molecule has 0 fully saturated rings. The second-order valence-electron chi connectivity index (χ2n) is 11.1. The topological polar surface area (TPSA) is 58.2 Å². The van der Waals surface area contributed by atoms with Crippen LogP contribution in [0, 0.1) is 0 Å². The molecule has 0 aliphatic rings. The number of carbonyl (C=O) groups is 2. The molecule has 0 bridgehead atoms. The zero-order chi connectivity index (χ0) is 30.8. The summed E-state index contributed by atoms with van der Waals surface area (Å²) in [6.45, 7) is 0. The third-order valence-electron chi connectivity index (χ3n) is 7.80. The molecule has 6 aromatic rings. The van der Waals surface area contributed by atoms with Crippen molar-refractivity contribution in [3.63, 3.8) is 0 Å². The van der Waals surface area contributed by atoms with Gasteiger partial charge in [-0.15, -0.1) is 0 Å². The predicted molar refractivity (Wildman–Crippen MR) is 183 cm³/mol. The van der Waals surface area contributed by atoms with Gasteiger partial charge in [0, 0.05) is 22.5 Å². The van der Waals surface area contributed by atoms with E-state index in [0.29, 0.717) is 29.7 Å². The molecular formula is C41H34N2O2. The Hall–Kier alpha value is -5.74. The highest BCUT2D eigenvalue weighted by molar-refractivity contribution is 6.07. The van der Waals surface area contributed by atoms with Crippen molar-refractivity contribution in [3.05, 3.63) is 202 Å². The highest BCUT2D eigenvalue weighted by atomic mass is 16.2. The molecule has 2 N–H and O–H groups in total. The van der Waals surface area contributed by atoms with Crippen LogP contribution in [0.15, 0.2) is 158 Å². The number of carbonyl (C=O) groups excluding carboxylic acids is 2. The third-order valence-corrected chi connectivity index (χ3v) is 7.80. The average molecular weight is 587 g/mol. The first-order chi connectivity index (χ1) is 22.1. The minimum Gasteiger partial charge on any atom is -0.322 e. The van der Waals surface area contributed by atoms with Crippen molar-refractivity contribution in [2.75, 3.05) is 10.6 Å². The molecule has 4 heteroatoms. The maximum Gasteiger partial charge on any atom is 0.255 e. The van der Waals surface area contributed by atoms with E-state index in [1.165, 1.54) is 11.1 Å². The van der Waals surface area contributed by atoms with Crippen LogP contribution in [-0.2, 0) is 19.3 Å². The number of rotatable bonds is 10. The van der Waals surface area contributed by atoms with Gasteiger partial charge in [0.15, 0.2) is 0 Å². The van der Waals surface area contributed by atoms with Gasteiger partial charge in [0.2, 0.25) is 0 Å². The Morgan fingerprint density at radius 1 is 0.378 bits per heavy atom. The summed E-state index contributed by atoms with van der Waals surface area (Å²) < 4.78 is 0. The van der Waals surface area contributed by atoms with Gasteiger partial charge in [0.1, 0.15) is 0 Å². The highest BCUT2D eigenvalue weighted by Gasteiger charge is 2.15. The number of para-hydroxylation sites is 1. The summed E-state index contributed by atoms with van der Waals surface area (Å²) in [7, 11) is 0. The lowest BCUT2D eigenvalue weighted by molar-refractivity contribution is 0.102. The van der Waals surface area contributed by atoms with E-state index in [2.05, 4.69) is 34.9 Å². The third kappa shape index (κ3) is 7.81. The standard InChI is InChI=1S/C41H34N2O2/c44-40(35-21-12-19-33(28-35)25-30-13-4-1-5-14-30)43-39-24-23-36(29-37(39)27-32-17-8-3-9-18-32)41(45)42-38-22-11-10-20-34(38)26-31-15-6-2-7-16-31/h1-24,28-29H,25-27H2,(H,42,45)(H,43,44). The predicted octanol–water partition coefficient (Wildman–Crippen LogP) is 8.96. The van der Waals surface area contributed by atoms with E-state index in [1.807, 2.05) is 127 Å². The molecule has 0 atom stereocenters. The normalized spacial score (nSPS) is 10.7. The molecule has 6 rings (SSSR count). The number of hydrogen-bond acceptors (Lipinski definition) is 2. The maximum atomic E-state index is 13.6. The Morgan fingerprint density at radius 3 is 1.47 bits per heavy atom. The Morgan fingerprint density at radius 2 is 0.844 bits per heavy atom. The summed E-state index contributed by atoms with van der Waals surface area (Å²) in [5.41, 5.74) is 9.00. The van der Waals surface area contributed by atoms with Crippen LogP contribution in [-0.4, -0.2) is 11.8 Å². The maximum absolute atomic E-state index is 13.6. The van der Waals surface area contributed by atoms with E-state index in [1.54, 1.807) is 6.07 Å². The molecule has 0 saturated carbocycles. The van der Waals surface area contributed by atoms with Crippen LogP contribution in [0.5, 0.6) is 0 Å². The Bertz CT molecular complexity index is 1900. The fourth-order valence-electron chi connectivity index (χ4n) is 5.47. The molecule has 0 radical (unpaired) electrons. The van der Waals surface area contributed by atoms with Gasteiger partial charge >= 0.3 is 0 Å². The molecule has 0 aromatic heterocycles. The first-order valence-electron chi connectivity index (χ1n) is 15.1. The van der Waals surface area contributed by atoms with Gasteiger partial charge in [0.05, 0.1) is 0 Å². The smallest absolute Gasteiger partial charge is 0.255 e. The van der Waals surface area contributed by atoms with Crippen LogP contribution >= 0.6 is 0 Å². The van der Waals surface area contributed by atoms with E-state index < -0.39 is 0 Å². The molecule has 0 heterocycles. The van der Waals surface area contributed by atoms with Crippen molar-refractivity contribution >= 4 is 23.2 Å².